The summed E-state index contributed by atoms with van der Waals surface area (Å²) in [6, 6.07) is 0.810. The number of halogens is 1. The highest BCUT2D eigenvalue weighted by atomic mass is 32.2. The van der Waals surface area contributed by atoms with E-state index in [1.165, 1.54) is 11.0 Å². The van der Waals surface area contributed by atoms with Gasteiger partial charge >= 0.3 is 0 Å². The molecule has 3 heterocycles. The SMILES string of the molecule is CC(C)(C)c1nnc(-c2cc3c(cc2F)S(=O)(=O)C[C@H](N)C(=O)N3Cc2cnc(C3CC3)nc2)o1. The Kier molecular flexibility index (Phi) is 5.48. The minimum absolute atomic E-state index is 0.0128. The third-order valence-corrected chi connectivity index (χ3v) is 7.76. The van der Waals surface area contributed by atoms with Crippen LogP contribution < -0.4 is 10.6 Å². The number of anilines is 1. The Labute approximate surface area is 201 Å². The molecule has 1 fully saturated rings. The maximum absolute atomic E-state index is 15.2. The lowest BCUT2D eigenvalue weighted by Crippen LogP contribution is -2.45. The predicted molar refractivity (Wildman–Crippen MR) is 124 cm³/mol. The number of carbonyl (C=O) groups is 1. The highest BCUT2D eigenvalue weighted by molar-refractivity contribution is 7.91. The molecule has 10 nitrogen and oxygen atoms in total. The van der Waals surface area contributed by atoms with Crippen molar-refractivity contribution in [3.05, 3.63) is 47.6 Å². The average molecular weight is 501 g/mol. The fraction of sp³-hybridized carbons (Fsp3) is 0.435. The minimum Gasteiger partial charge on any atom is -0.420 e. The van der Waals surface area contributed by atoms with E-state index in [9.17, 15) is 13.2 Å². The first-order valence-corrected chi connectivity index (χ1v) is 12.9. The third-order valence-electron chi connectivity index (χ3n) is 5.96. The van der Waals surface area contributed by atoms with E-state index in [-0.39, 0.29) is 34.5 Å². The smallest absolute Gasteiger partial charge is 0.250 e. The molecule has 1 aromatic carbocycles. The zero-order valence-electron chi connectivity index (χ0n) is 19.5. The number of fused-ring (bicyclic) bond motifs is 1. The van der Waals surface area contributed by atoms with Gasteiger partial charge in [0.2, 0.25) is 11.8 Å². The molecule has 0 bridgehead atoms. The van der Waals surface area contributed by atoms with Crippen LogP contribution in [0.5, 0.6) is 0 Å². The predicted octanol–water partition coefficient (Wildman–Crippen LogP) is 2.49. The summed E-state index contributed by atoms with van der Waals surface area (Å²) >= 11 is 0. The van der Waals surface area contributed by atoms with Gasteiger partial charge in [0.05, 0.1) is 34.5 Å². The molecular weight excluding hydrogens is 475 g/mol. The molecule has 2 aliphatic rings. The van der Waals surface area contributed by atoms with Crippen molar-refractivity contribution >= 4 is 21.4 Å². The number of aromatic nitrogens is 4. The Morgan fingerprint density at radius 3 is 2.46 bits per heavy atom. The van der Waals surface area contributed by atoms with Gasteiger partial charge in [0.15, 0.2) is 9.84 Å². The highest BCUT2D eigenvalue weighted by Crippen LogP contribution is 2.39. The second-order valence-electron chi connectivity index (χ2n) is 10.00. The van der Waals surface area contributed by atoms with Crippen molar-refractivity contribution in [3.8, 4) is 11.5 Å². The van der Waals surface area contributed by atoms with Gasteiger partial charge in [0, 0.05) is 29.3 Å². The number of sulfone groups is 1. The number of hydrogen-bond acceptors (Lipinski definition) is 9. The number of rotatable bonds is 4. The van der Waals surface area contributed by atoms with Crippen LogP contribution in [0.1, 0.15) is 56.8 Å². The van der Waals surface area contributed by atoms with E-state index in [2.05, 4.69) is 20.2 Å². The summed E-state index contributed by atoms with van der Waals surface area (Å²) in [4.78, 5) is 22.8. The molecule has 2 N–H and O–H groups in total. The van der Waals surface area contributed by atoms with Crippen molar-refractivity contribution in [2.75, 3.05) is 10.7 Å². The molecule has 1 atom stereocenters. The van der Waals surface area contributed by atoms with E-state index in [0.717, 1.165) is 24.7 Å². The molecule has 1 aliphatic carbocycles. The Bertz CT molecular complexity index is 1410. The van der Waals surface area contributed by atoms with Gasteiger partial charge in [0.1, 0.15) is 11.6 Å². The number of amides is 1. The lowest BCUT2D eigenvalue weighted by atomic mass is 9.97. The van der Waals surface area contributed by atoms with Crippen molar-refractivity contribution in [3.63, 3.8) is 0 Å². The quantitative estimate of drug-likeness (QED) is 0.571. The highest BCUT2D eigenvalue weighted by Gasteiger charge is 2.38. The molecule has 0 unspecified atom stereocenters. The molecule has 5 rings (SSSR count). The summed E-state index contributed by atoms with van der Waals surface area (Å²) in [5.41, 5.74) is 5.93. The summed E-state index contributed by atoms with van der Waals surface area (Å²) in [6.07, 6.45) is 5.31. The molecule has 1 aliphatic heterocycles. The zero-order valence-corrected chi connectivity index (χ0v) is 20.3. The number of hydrogen-bond donors (Lipinski definition) is 1. The Balaban J connectivity index is 1.61. The van der Waals surface area contributed by atoms with Gasteiger partial charge in [-0.15, -0.1) is 10.2 Å². The summed E-state index contributed by atoms with van der Waals surface area (Å²) in [7, 11) is -4.06. The normalized spacial score (nSPS) is 20.0. The van der Waals surface area contributed by atoms with Crippen LogP contribution >= 0.6 is 0 Å². The number of benzene rings is 1. The maximum atomic E-state index is 15.2. The van der Waals surface area contributed by atoms with Crippen LogP contribution in [0.3, 0.4) is 0 Å². The van der Waals surface area contributed by atoms with Gasteiger partial charge in [-0.05, 0) is 25.0 Å². The van der Waals surface area contributed by atoms with Crippen molar-refractivity contribution in [1.29, 1.82) is 0 Å². The minimum atomic E-state index is -4.06. The lowest BCUT2D eigenvalue weighted by molar-refractivity contribution is -0.119. The van der Waals surface area contributed by atoms with Crippen LogP contribution in [-0.4, -0.2) is 46.3 Å². The van der Waals surface area contributed by atoms with E-state index in [1.54, 1.807) is 12.4 Å². The fourth-order valence-electron chi connectivity index (χ4n) is 3.86. The van der Waals surface area contributed by atoms with Gasteiger partial charge in [-0.2, -0.15) is 0 Å². The van der Waals surface area contributed by atoms with E-state index < -0.39 is 38.8 Å². The lowest BCUT2D eigenvalue weighted by Gasteiger charge is -2.24. The van der Waals surface area contributed by atoms with Crippen LogP contribution in [0, 0.1) is 5.82 Å². The number of nitrogens with zero attached hydrogens (tertiary/aromatic N) is 5. The Morgan fingerprint density at radius 2 is 1.86 bits per heavy atom. The first-order valence-electron chi connectivity index (χ1n) is 11.2. The van der Waals surface area contributed by atoms with E-state index in [4.69, 9.17) is 10.2 Å². The summed E-state index contributed by atoms with van der Waals surface area (Å²) in [5, 5.41) is 7.93. The average Bonchev–Trinajstić information content (AvgIpc) is 3.52. The monoisotopic (exact) mass is 500 g/mol. The molecule has 35 heavy (non-hydrogen) atoms. The first-order chi connectivity index (χ1) is 16.4. The maximum Gasteiger partial charge on any atom is 0.250 e. The molecule has 3 aromatic rings. The topological polar surface area (TPSA) is 145 Å². The summed E-state index contributed by atoms with van der Waals surface area (Å²) in [5.74, 6) is -0.844. The summed E-state index contributed by atoms with van der Waals surface area (Å²) < 4.78 is 46.9. The molecule has 1 amide bonds. The molecule has 1 saturated carbocycles. The Hall–Kier alpha value is -3.25. The third kappa shape index (κ3) is 4.43. The largest absolute Gasteiger partial charge is 0.420 e. The molecule has 0 saturated heterocycles. The van der Waals surface area contributed by atoms with Crippen LogP contribution in [0.25, 0.3) is 11.5 Å². The Morgan fingerprint density at radius 1 is 1.17 bits per heavy atom. The van der Waals surface area contributed by atoms with Crippen molar-refractivity contribution in [1.82, 2.24) is 20.2 Å². The fourth-order valence-corrected chi connectivity index (χ4v) is 5.43. The molecule has 0 radical (unpaired) electrons. The standard InChI is InChI=1S/C23H25FN6O4S/c1-23(2,3)22-29-28-20(34-22)14-6-17-18(7-15(14)24)35(32,33)11-16(25)21(31)30(17)10-12-8-26-19(27-9-12)13-4-5-13/h6-9,13,16H,4-5,10-11,25H2,1-3H3/t16-/m0/s1. The zero-order chi connectivity index (χ0) is 25.1. The van der Waals surface area contributed by atoms with Crippen LogP contribution in [-0.2, 0) is 26.6 Å². The molecule has 2 aromatic heterocycles. The van der Waals surface area contributed by atoms with Gasteiger partial charge in [-0.1, -0.05) is 20.8 Å². The van der Waals surface area contributed by atoms with E-state index in [0.29, 0.717) is 11.5 Å². The second-order valence-corrected chi connectivity index (χ2v) is 12.0. The molecule has 184 valence electrons. The van der Waals surface area contributed by atoms with Gasteiger partial charge in [-0.25, -0.2) is 22.8 Å². The summed E-state index contributed by atoms with van der Waals surface area (Å²) in [6.45, 7) is 5.55. The van der Waals surface area contributed by atoms with E-state index >= 15 is 4.39 Å². The molecular formula is C23H25FN6O4S. The van der Waals surface area contributed by atoms with Crippen molar-refractivity contribution < 1.29 is 22.0 Å². The molecule has 12 heteroatoms. The second kappa shape index (κ2) is 8.16. The molecule has 0 spiro atoms. The van der Waals surface area contributed by atoms with Crippen LogP contribution in [0.15, 0.2) is 33.8 Å². The van der Waals surface area contributed by atoms with Gasteiger partial charge < -0.3 is 15.1 Å². The van der Waals surface area contributed by atoms with E-state index in [1.807, 2.05) is 20.8 Å². The first kappa shape index (κ1) is 23.5. The van der Waals surface area contributed by atoms with Crippen molar-refractivity contribution in [2.45, 2.75) is 62.4 Å². The number of nitrogens with two attached hydrogens (primary N) is 1. The van der Waals surface area contributed by atoms with Gasteiger partial charge in [0.25, 0.3) is 5.89 Å². The van der Waals surface area contributed by atoms with Gasteiger partial charge in [-0.3, -0.25) is 4.79 Å². The van der Waals surface area contributed by atoms with Crippen molar-refractivity contribution in [2.24, 2.45) is 5.73 Å². The van der Waals surface area contributed by atoms with Crippen LogP contribution in [0.4, 0.5) is 10.1 Å². The van der Waals surface area contributed by atoms with Crippen LogP contribution in [0.2, 0.25) is 0 Å². The number of carbonyl (C=O) groups excluding carboxylic acids is 1.